The minimum Gasteiger partial charge on any atom is -0.496 e. The molecule has 0 unspecified atom stereocenters. The predicted molar refractivity (Wildman–Crippen MR) is 66.2 cm³/mol. The lowest BCUT2D eigenvalue weighted by molar-refractivity contribution is 0.410. The van der Waals surface area contributed by atoms with Crippen molar-refractivity contribution in [1.29, 1.82) is 0 Å². The second kappa shape index (κ2) is 4.56. The second-order valence-corrected chi connectivity index (χ2v) is 4.24. The predicted octanol–water partition coefficient (Wildman–Crippen LogP) is 2.16. The van der Waals surface area contributed by atoms with Crippen LogP contribution in [0.15, 0.2) is 17.1 Å². The fourth-order valence-electron chi connectivity index (χ4n) is 2.00. The van der Waals surface area contributed by atoms with E-state index in [0.717, 1.165) is 25.4 Å². The van der Waals surface area contributed by atoms with Gasteiger partial charge in [-0.05, 0) is 36.6 Å². The molecule has 16 heavy (non-hydrogen) atoms. The smallest absolute Gasteiger partial charge is 0.122 e. The summed E-state index contributed by atoms with van der Waals surface area (Å²) in [5.41, 5.74) is 3.83. The zero-order valence-electron chi connectivity index (χ0n) is 10.2. The van der Waals surface area contributed by atoms with Gasteiger partial charge in [-0.2, -0.15) is 0 Å². The van der Waals surface area contributed by atoms with Crippen LogP contribution in [0.25, 0.3) is 0 Å². The zero-order valence-corrected chi connectivity index (χ0v) is 10.2. The van der Waals surface area contributed by atoms with Crippen LogP contribution in [0.3, 0.4) is 0 Å². The molecule has 0 N–H and O–H groups in total. The van der Waals surface area contributed by atoms with Gasteiger partial charge in [-0.1, -0.05) is 6.07 Å². The Bertz CT molecular complexity index is 413. The molecule has 3 nitrogen and oxygen atoms in total. The molecule has 1 aliphatic heterocycles. The van der Waals surface area contributed by atoms with Gasteiger partial charge in [0.25, 0.3) is 0 Å². The first-order valence-corrected chi connectivity index (χ1v) is 5.59. The first kappa shape index (κ1) is 11.0. The number of hydrogen-bond acceptors (Lipinski definition) is 3. The molecule has 1 heterocycles. The van der Waals surface area contributed by atoms with E-state index in [1.807, 2.05) is 6.34 Å². The Labute approximate surface area is 96.7 Å². The Morgan fingerprint density at radius 2 is 2.12 bits per heavy atom. The van der Waals surface area contributed by atoms with Gasteiger partial charge >= 0.3 is 0 Å². The number of hydrogen-bond donors (Lipinski definition) is 0. The third-order valence-electron chi connectivity index (χ3n) is 2.99. The van der Waals surface area contributed by atoms with E-state index >= 15 is 0 Å². The van der Waals surface area contributed by atoms with E-state index in [9.17, 15) is 0 Å². The molecule has 1 aromatic carbocycles. The van der Waals surface area contributed by atoms with Crippen molar-refractivity contribution in [3.8, 4) is 5.75 Å². The minimum absolute atomic E-state index is 0.925. The van der Waals surface area contributed by atoms with Gasteiger partial charge in [-0.15, -0.1) is 0 Å². The standard InChI is InChI=1S/C13H18N2O/c1-10-7-13(16-3)11(2)6-12(10)8-15-5-4-14-9-15/h6-7,9H,4-5,8H2,1-3H3. The van der Waals surface area contributed by atoms with Crippen LogP contribution < -0.4 is 4.74 Å². The van der Waals surface area contributed by atoms with Crippen molar-refractivity contribution >= 4 is 6.34 Å². The fourth-order valence-corrected chi connectivity index (χ4v) is 2.00. The molecule has 3 heteroatoms. The highest BCUT2D eigenvalue weighted by molar-refractivity contribution is 5.57. The number of aryl methyl sites for hydroxylation is 2. The molecule has 0 saturated heterocycles. The van der Waals surface area contributed by atoms with Gasteiger partial charge in [-0.3, -0.25) is 4.99 Å². The first-order chi connectivity index (χ1) is 7.70. The molecule has 0 fully saturated rings. The Morgan fingerprint density at radius 3 is 2.75 bits per heavy atom. The summed E-state index contributed by atoms with van der Waals surface area (Å²) in [5.74, 6) is 0.969. The summed E-state index contributed by atoms with van der Waals surface area (Å²) in [6.45, 7) is 7.11. The third-order valence-corrected chi connectivity index (χ3v) is 2.99. The lowest BCUT2D eigenvalue weighted by Gasteiger charge is -2.17. The van der Waals surface area contributed by atoms with Crippen LogP contribution >= 0.6 is 0 Å². The number of aliphatic imine (C=N–C) groups is 1. The quantitative estimate of drug-likeness (QED) is 0.776. The van der Waals surface area contributed by atoms with Crippen LogP contribution in [0.5, 0.6) is 5.75 Å². The molecule has 0 aromatic heterocycles. The maximum Gasteiger partial charge on any atom is 0.122 e. The summed E-state index contributed by atoms with van der Waals surface area (Å²) in [4.78, 5) is 6.47. The molecule has 0 bridgehead atoms. The minimum atomic E-state index is 0.925. The van der Waals surface area contributed by atoms with Crippen LogP contribution in [0.2, 0.25) is 0 Å². The fraction of sp³-hybridized carbons (Fsp3) is 0.462. The van der Waals surface area contributed by atoms with Gasteiger partial charge in [-0.25, -0.2) is 0 Å². The highest BCUT2D eigenvalue weighted by Gasteiger charge is 2.10. The molecule has 0 aliphatic carbocycles. The lowest BCUT2D eigenvalue weighted by atomic mass is 10.0. The van der Waals surface area contributed by atoms with Gasteiger partial charge in [0.1, 0.15) is 5.75 Å². The van der Waals surface area contributed by atoms with Crippen LogP contribution in [0.4, 0.5) is 0 Å². The number of rotatable bonds is 3. The highest BCUT2D eigenvalue weighted by atomic mass is 16.5. The number of ether oxygens (including phenoxy) is 1. The van der Waals surface area contributed by atoms with Crippen molar-refractivity contribution in [1.82, 2.24) is 4.90 Å². The first-order valence-electron chi connectivity index (χ1n) is 5.59. The van der Waals surface area contributed by atoms with Crippen molar-refractivity contribution in [2.24, 2.45) is 4.99 Å². The average molecular weight is 218 g/mol. The van der Waals surface area contributed by atoms with Crippen molar-refractivity contribution in [3.63, 3.8) is 0 Å². The average Bonchev–Trinajstić information content (AvgIpc) is 2.75. The zero-order chi connectivity index (χ0) is 11.5. The van der Waals surface area contributed by atoms with Crippen LogP contribution in [-0.2, 0) is 6.54 Å². The normalized spacial score (nSPS) is 14.6. The van der Waals surface area contributed by atoms with E-state index in [0.29, 0.717) is 0 Å². The number of nitrogens with zero attached hydrogens (tertiary/aromatic N) is 2. The molecular formula is C13H18N2O. The molecule has 86 valence electrons. The summed E-state index contributed by atoms with van der Waals surface area (Å²) in [6, 6.07) is 4.32. The maximum atomic E-state index is 5.31. The van der Waals surface area contributed by atoms with Crippen molar-refractivity contribution in [2.75, 3.05) is 20.2 Å². The molecule has 0 radical (unpaired) electrons. The number of methoxy groups -OCH3 is 1. The summed E-state index contributed by atoms with van der Waals surface area (Å²) in [7, 11) is 1.72. The topological polar surface area (TPSA) is 24.8 Å². The Hall–Kier alpha value is -1.51. The lowest BCUT2D eigenvalue weighted by Crippen LogP contribution is -2.19. The Balaban J connectivity index is 2.20. The molecule has 1 aliphatic rings. The summed E-state index contributed by atoms with van der Waals surface area (Å²) in [6.07, 6.45) is 1.94. The second-order valence-electron chi connectivity index (χ2n) is 4.24. The van der Waals surface area contributed by atoms with E-state index in [4.69, 9.17) is 4.74 Å². The summed E-state index contributed by atoms with van der Waals surface area (Å²) in [5, 5.41) is 0. The van der Waals surface area contributed by atoms with Gasteiger partial charge in [0.15, 0.2) is 0 Å². The van der Waals surface area contributed by atoms with Gasteiger partial charge in [0.05, 0.1) is 20.0 Å². The van der Waals surface area contributed by atoms with Gasteiger partial charge in [0.2, 0.25) is 0 Å². The van der Waals surface area contributed by atoms with E-state index in [2.05, 4.69) is 35.9 Å². The van der Waals surface area contributed by atoms with Crippen molar-refractivity contribution in [3.05, 3.63) is 28.8 Å². The van der Waals surface area contributed by atoms with Crippen LogP contribution in [-0.4, -0.2) is 31.4 Å². The van der Waals surface area contributed by atoms with E-state index in [1.165, 1.54) is 16.7 Å². The Morgan fingerprint density at radius 1 is 1.31 bits per heavy atom. The van der Waals surface area contributed by atoms with Crippen LogP contribution in [0, 0.1) is 13.8 Å². The highest BCUT2D eigenvalue weighted by Crippen LogP contribution is 2.23. The molecule has 2 rings (SSSR count). The SMILES string of the molecule is COc1cc(C)c(CN2C=NCC2)cc1C. The van der Waals surface area contributed by atoms with E-state index in [-0.39, 0.29) is 0 Å². The molecule has 0 amide bonds. The summed E-state index contributed by atoms with van der Waals surface area (Å²) < 4.78 is 5.31. The molecule has 0 spiro atoms. The van der Waals surface area contributed by atoms with E-state index < -0.39 is 0 Å². The van der Waals surface area contributed by atoms with Crippen molar-refractivity contribution in [2.45, 2.75) is 20.4 Å². The maximum absolute atomic E-state index is 5.31. The third kappa shape index (κ3) is 2.18. The van der Waals surface area contributed by atoms with Gasteiger partial charge in [0, 0.05) is 13.1 Å². The number of benzene rings is 1. The summed E-state index contributed by atoms with van der Waals surface area (Å²) >= 11 is 0. The Kier molecular flexibility index (Phi) is 3.13. The van der Waals surface area contributed by atoms with E-state index in [1.54, 1.807) is 7.11 Å². The molecule has 0 atom stereocenters. The van der Waals surface area contributed by atoms with Crippen LogP contribution in [0.1, 0.15) is 16.7 Å². The monoisotopic (exact) mass is 218 g/mol. The molecular weight excluding hydrogens is 200 g/mol. The van der Waals surface area contributed by atoms with Crippen molar-refractivity contribution < 1.29 is 4.74 Å². The molecule has 1 aromatic rings. The largest absolute Gasteiger partial charge is 0.496 e. The van der Waals surface area contributed by atoms with Gasteiger partial charge < -0.3 is 9.64 Å². The molecule has 0 saturated carbocycles.